The van der Waals surface area contributed by atoms with Gasteiger partial charge in [0.1, 0.15) is 5.75 Å². The lowest BCUT2D eigenvalue weighted by Gasteiger charge is -2.20. The third-order valence-electron chi connectivity index (χ3n) is 5.13. The monoisotopic (exact) mass is 424 g/mol. The largest absolute Gasteiger partial charge is 0.493 e. The van der Waals surface area contributed by atoms with E-state index in [1.54, 1.807) is 0 Å². The zero-order valence-electron chi connectivity index (χ0n) is 17.2. The first-order chi connectivity index (χ1) is 14.4. The van der Waals surface area contributed by atoms with Crippen LogP contribution in [0, 0.1) is 13.8 Å². The zero-order chi connectivity index (χ0) is 21.3. The van der Waals surface area contributed by atoms with Crippen LogP contribution in [0.1, 0.15) is 41.8 Å². The fourth-order valence-corrected chi connectivity index (χ4v) is 4.35. The molecule has 1 atom stereocenters. The fraction of sp³-hybridized carbons (Fsp3) is 0.364. The molecule has 0 unspecified atom stereocenters. The van der Waals surface area contributed by atoms with Crippen LogP contribution in [0.2, 0.25) is 0 Å². The van der Waals surface area contributed by atoms with Gasteiger partial charge in [0.2, 0.25) is 5.91 Å². The number of aryl methyl sites for hydroxylation is 3. The van der Waals surface area contributed by atoms with E-state index < -0.39 is 0 Å². The summed E-state index contributed by atoms with van der Waals surface area (Å²) in [7, 11) is 0. The van der Waals surface area contributed by atoms with Crippen molar-refractivity contribution in [1.29, 1.82) is 0 Å². The predicted octanol–water partition coefficient (Wildman–Crippen LogP) is 3.23. The van der Waals surface area contributed by atoms with Gasteiger partial charge in [-0.25, -0.2) is 9.97 Å². The van der Waals surface area contributed by atoms with E-state index in [1.807, 2.05) is 39.0 Å². The highest BCUT2D eigenvalue weighted by Crippen LogP contribution is 2.28. The summed E-state index contributed by atoms with van der Waals surface area (Å²) in [5, 5.41) is 3.88. The molecule has 30 heavy (non-hydrogen) atoms. The average molecular weight is 425 g/mol. The minimum Gasteiger partial charge on any atom is -0.493 e. The van der Waals surface area contributed by atoms with Crippen molar-refractivity contribution in [3.63, 3.8) is 0 Å². The summed E-state index contributed by atoms with van der Waals surface area (Å²) in [6.07, 6.45) is 2.01. The second kappa shape index (κ2) is 8.47. The van der Waals surface area contributed by atoms with E-state index in [0.29, 0.717) is 16.2 Å². The van der Waals surface area contributed by atoms with E-state index in [9.17, 15) is 9.59 Å². The van der Waals surface area contributed by atoms with Crippen LogP contribution >= 0.6 is 11.8 Å². The number of nitrogens with one attached hydrogen (secondary N) is 2. The maximum atomic E-state index is 12.5. The van der Waals surface area contributed by atoms with E-state index in [2.05, 4.69) is 26.3 Å². The molecule has 3 heterocycles. The molecule has 7 nitrogen and oxygen atoms in total. The molecule has 2 aromatic heterocycles. The number of rotatable bonds is 5. The highest BCUT2D eigenvalue weighted by molar-refractivity contribution is 7.99. The molecule has 0 aliphatic carbocycles. The molecule has 0 saturated heterocycles. The van der Waals surface area contributed by atoms with Crippen LogP contribution in [0.5, 0.6) is 5.75 Å². The summed E-state index contributed by atoms with van der Waals surface area (Å²) >= 11 is 1.19. The minimum absolute atomic E-state index is 0.124. The molecule has 0 radical (unpaired) electrons. The topological polar surface area (TPSA) is 97.0 Å². The summed E-state index contributed by atoms with van der Waals surface area (Å²) in [6, 6.07) is 7.79. The van der Waals surface area contributed by atoms with Gasteiger partial charge in [0, 0.05) is 5.69 Å². The Hall–Kier alpha value is -2.87. The standard InChI is InChI=1S/C22H24N4O3S/c1-12-9-13(2)23-20-19(12)21(28)26-22(25-20)30-11-18(27)24-14(3)15-6-7-17-16(10-15)5-4-8-29-17/h6-7,9-10,14H,4-5,8,11H2,1-3H3,(H,24,27)(H,23,25,26,28)/t14-/m0/s1. The van der Waals surface area contributed by atoms with Gasteiger partial charge in [-0.15, -0.1) is 0 Å². The van der Waals surface area contributed by atoms with Gasteiger partial charge in [0.25, 0.3) is 5.56 Å². The number of pyridine rings is 1. The van der Waals surface area contributed by atoms with Gasteiger partial charge in [-0.05, 0) is 62.4 Å². The van der Waals surface area contributed by atoms with Crippen LogP contribution in [0.3, 0.4) is 0 Å². The van der Waals surface area contributed by atoms with Crippen LogP contribution in [0.25, 0.3) is 11.0 Å². The summed E-state index contributed by atoms with van der Waals surface area (Å²) < 4.78 is 5.65. The Morgan fingerprint density at radius 3 is 2.97 bits per heavy atom. The zero-order valence-corrected chi connectivity index (χ0v) is 18.1. The van der Waals surface area contributed by atoms with Crippen molar-refractivity contribution in [3.05, 3.63) is 57.0 Å². The smallest absolute Gasteiger partial charge is 0.261 e. The van der Waals surface area contributed by atoms with Gasteiger partial charge >= 0.3 is 0 Å². The molecule has 0 saturated carbocycles. The number of benzene rings is 1. The van der Waals surface area contributed by atoms with E-state index >= 15 is 0 Å². The summed E-state index contributed by atoms with van der Waals surface area (Å²) in [4.78, 5) is 36.4. The number of thioether (sulfide) groups is 1. The normalized spacial score (nSPS) is 14.1. The van der Waals surface area contributed by atoms with Gasteiger partial charge in [-0.3, -0.25) is 9.59 Å². The molecule has 156 valence electrons. The molecule has 1 aliphatic heterocycles. The lowest BCUT2D eigenvalue weighted by atomic mass is 10.00. The molecular weight excluding hydrogens is 400 g/mol. The first-order valence-corrected chi connectivity index (χ1v) is 11.0. The number of carbonyl (C=O) groups excluding carboxylic acids is 1. The van der Waals surface area contributed by atoms with Crippen molar-refractivity contribution in [2.45, 2.75) is 44.8 Å². The Balaban J connectivity index is 1.42. The lowest BCUT2D eigenvalue weighted by molar-refractivity contribution is -0.119. The molecule has 1 aromatic carbocycles. The second-order valence-corrected chi connectivity index (χ2v) is 8.51. The van der Waals surface area contributed by atoms with Crippen LogP contribution < -0.4 is 15.6 Å². The molecule has 2 N–H and O–H groups in total. The maximum absolute atomic E-state index is 12.5. The first-order valence-electron chi connectivity index (χ1n) is 9.97. The van der Waals surface area contributed by atoms with E-state index in [1.165, 1.54) is 17.3 Å². The Labute approximate surface area is 178 Å². The summed E-state index contributed by atoms with van der Waals surface area (Å²) in [5.74, 6) is 0.958. The summed E-state index contributed by atoms with van der Waals surface area (Å²) in [5.41, 5.74) is 4.04. The van der Waals surface area contributed by atoms with Gasteiger partial charge in [-0.1, -0.05) is 23.9 Å². The number of hydrogen-bond acceptors (Lipinski definition) is 6. The first kappa shape index (κ1) is 20.4. The highest BCUT2D eigenvalue weighted by atomic mass is 32.2. The number of ether oxygens (including phenoxy) is 1. The number of aromatic amines is 1. The number of carbonyl (C=O) groups is 1. The number of nitrogens with zero attached hydrogens (tertiary/aromatic N) is 2. The molecule has 8 heteroatoms. The number of H-pyrrole nitrogens is 1. The third-order valence-corrected chi connectivity index (χ3v) is 6.00. The van der Waals surface area contributed by atoms with E-state index in [4.69, 9.17) is 4.74 Å². The van der Waals surface area contributed by atoms with Crippen molar-refractivity contribution in [2.75, 3.05) is 12.4 Å². The van der Waals surface area contributed by atoms with Crippen molar-refractivity contribution < 1.29 is 9.53 Å². The highest BCUT2D eigenvalue weighted by Gasteiger charge is 2.16. The molecule has 0 spiro atoms. The van der Waals surface area contributed by atoms with Crippen LogP contribution in [-0.2, 0) is 11.2 Å². The number of hydrogen-bond donors (Lipinski definition) is 2. The van der Waals surface area contributed by atoms with Crippen molar-refractivity contribution in [3.8, 4) is 5.75 Å². The van der Waals surface area contributed by atoms with Crippen molar-refractivity contribution in [2.24, 2.45) is 0 Å². The Morgan fingerprint density at radius 1 is 1.30 bits per heavy atom. The second-order valence-electron chi connectivity index (χ2n) is 7.55. The van der Waals surface area contributed by atoms with Gasteiger partial charge in [0.15, 0.2) is 10.8 Å². The van der Waals surface area contributed by atoms with Crippen LogP contribution in [-0.4, -0.2) is 33.2 Å². The number of aromatic nitrogens is 3. The van der Waals surface area contributed by atoms with Crippen LogP contribution in [0.15, 0.2) is 34.2 Å². The predicted molar refractivity (Wildman–Crippen MR) is 117 cm³/mol. The lowest BCUT2D eigenvalue weighted by Crippen LogP contribution is -2.28. The third kappa shape index (κ3) is 4.33. The molecule has 0 fully saturated rings. The molecule has 1 amide bonds. The maximum Gasteiger partial charge on any atom is 0.261 e. The summed E-state index contributed by atoms with van der Waals surface area (Å²) in [6.45, 7) is 6.45. The molecule has 4 rings (SSSR count). The van der Waals surface area contributed by atoms with Gasteiger partial charge in [0.05, 0.1) is 23.8 Å². The molecular formula is C22H24N4O3S. The Morgan fingerprint density at radius 2 is 2.13 bits per heavy atom. The van der Waals surface area contributed by atoms with Crippen molar-refractivity contribution >= 4 is 28.7 Å². The quantitative estimate of drug-likeness (QED) is 0.482. The van der Waals surface area contributed by atoms with E-state index in [0.717, 1.165) is 42.0 Å². The molecule has 0 bridgehead atoms. The number of amides is 1. The van der Waals surface area contributed by atoms with Crippen LogP contribution in [0.4, 0.5) is 0 Å². The Bertz CT molecular complexity index is 1170. The number of fused-ring (bicyclic) bond motifs is 2. The van der Waals surface area contributed by atoms with Crippen molar-refractivity contribution in [1.82, 2.24) is 20.3 Å². The fourth-order valence-electron chi connectivity index (χ4n) is 3.68. The molecule has 1 aliphatic rings. The van der Waals surface area contributed by atoms with Gasteiger partial charge in [-0.2, -0.15) is 0 Å². The van der Waals surface area contributed by atoms with Gasteiger partial charge < -0.3 is 15.0 Å². The Kier molecular flexibility index (Phi) is 5.76. The van der Waals surface area contributed by atoms with E-state index in [-0.39, 0.29) is 23.3 Å². The molecule has 3 aromatic rings. The minimum atomic E-state index is -0.238. The SMILES string of the molecule is Cc1cc(C)c2c(=O)[nH]c(SCC(=O)N[C@@H](C)c3ccc4c(c3)CCCO4)nc2n1. The average Bonchev–Trinajstić information content (AvgIpc) is 2.71.